The molecular weight excluding hydrogens is 264 g/mol. The molecule has 0 aromatic rings. The summed E-state index contributed by atoms with van der Waals surface area (Å²) < 4.78 is 5.09. The quantitative estimate of drug-likeness (QED) is 0.586. The van der Waals surface area contributed by atoms with Crippen molar-refractivity contribution in [1.29, 1.82) is 0 Å². The minimum absolute atomic E-state index is 0.143. The fourth-order valence-electron chi connectivity index (χ4n) is 2.44. The molecule has 2 N–H and O–H groups in total. The van der Waals surface area contributed by atoms with Crippen molar-refractivity contribution in [3.05, 3.63) is 19.1 Å². The largest absolute Gasteiger partial charge is 0.481 e. The molecule has 0 amide bonds. The maximum atomic E-state index is 11.4. The van der Waals surface area contributed by atoms with Gasteiger partial charge in [0, 0.05) is 5.57 Å². The van der Waals surface area contributed by atoms with Crippen molar-refractivity contribution in [3.63, 3.8) is 0 Å². The zero-order valence-electron chi connectivity index (χ0n) is 11.4. The second-order valence-electron chi connectivity index (χ2n) is 5.19. The SMILES string of the molecule is [CH2]C(OC(=O)C(=C)C)C1CCC(C(=O)O)C(C(=O)O)C1. The molecule has 1 radical (unpaired) electrons. The summed E-state index contributed by atoms with van der Waals surface area (Å²) in [6.07, 6.45) is 0.159. The minimum atomic E-state index is -1.14. The van der Waals surface area contributed by atoms with Gasteiger partial charge >= 0.3 is 17.9 Å². The normalized spacial score (nSPS) is 27.4. The first-order chi connectivity index (χ1) is 9.23. The van der Waals surface area contributed by atoms with Gasteiger partial charge in [0.25, 0.3) is 0 Å². The Labute approximate surface area is 117 Å². The van der Waals surface area contributed by atoms with Crippen molar-refractivity contribution >= 4 is 17.9 Å². The highest BCUT2D eigenvalue weighted by atomic mass is 16.5. The topological polar surface area (TPSA) is 101 Å². The van der Waals surface area contributed by atoms with Gasteiger partial charge in [-0.1, -0.05) is 6.58 Å². The molecule has 0 aromatic carbocycles. The Balaban J connectivity index is 2.71. The van der Waals surface area contributed by atoms with Crippen LogP contribution in [0.1, 0.15) is 26.2 Å². The van der Waals surface area contributed by atoms with E-state index in [-0.39, 0.29) is 24.3 Å². The number of carbonyl (C=O) groups excluding carboxylic acids is 1. The maximum absolute atomic E-state index is 11.4. The van der Waals surface area contributed by atoms with E-state index in [9.17, 15) is 14.4 Å². The number of aliphatic carboxylic acids is 2. The molecule has 6 heteroatoms. The molecule has 0 spiro atoms. The molecule has 0 aromatic heterocycles. The molecule has 0 bridgehead atoms. The number of hydrogen-bond acceptors (Lipinski definition) is 4. The van der Waals surface area contributed by atoms with Gasteiger partial charge in [0.1, 0.15) is 6.10 Å². The van der Waals surface area contributed by atoms with Crippen LogP contribution in [0.25, 0.3) is 0 Å². The lowest BCUT2D eigenvalue weighted by atomic mass is 9.72. The molecule has 0 aliphatic heterocycles. The average Bonchev–Trinajstić information content (AvgIpc) is 2.37. The zero-order chi connectivity index (χ0) is 15.4. The van der Waals surface area contributed by atoms with Crippen molar-refractivity contribution in [3.8, 4) is 0 Å². The lowest BCUT2D eigenvalue weighted by Crippen LogP contribution is -2.39. The van der Waals surface area contributed by atoms with Crippen LogP contribution in [0.2, 0.25) is 0 Å². The van der Waals surface area contributed by atoms with E-state index in [4.69, 9.17) is 14.9 Å². The summed E-state index contributed by atoms with van der Waals surface area (Å²) in [4.78, 5) is 33.6. The molecule has 0 saturated heterocycles. The van der Waals surface area contributed by atoms with Crippen molar-refractivity contribution in [2.45, 2.75) is 32.3 Å². The Kier molecular flexibility index (Phi) is 5.30. The molecule has 0 heterocycles. The molecule has 4 atom stereocenters. The number of carboxylic acid groups (broad SMARTS) is 2. The standard InChI is InChI=1S/C14H19O6/c1-7(2)14(19)20-8(3)9-4-5-10(12(15)16)11(6-9)13(17)18/h8-11H,1,3-6H2,2H3,(H,15,16)(H,17,18). The van der Waals surface area contributed by atoms with Crippen LogP contribution in [0.4, 0.5) is 0 Å². The average molecular weight is 283 g/mol. The second kappa shape index (κ2) is 6.54. The fourth-order valence-corrected chi connectivity index (χ4v) is 2.44. The third-order valence-electron chi connectivity index (χ3n) is 3.66. The summed E-state index contributed by atoms with van der Waals surface area (Å²) >= 11 is 0. The van der Waals surface area contributed by atoms with Gasteiger partial charge in [0.2, 0.25) is 0 Å². The highest BCUT2D eigenvalue weighted by molar-refractivity contribution is 5.87. The summed E-state index contributed by atoms with van der Waals surface area (Å²) in [5, 5.41) is 18.1. The highest BCUT2D eigenvalue weighted by Gasteiger charge is 2.41. The predicted octanol–water partition coefficient (Wildman–Crippen LogP) is 1.51. The van der Waals surface area contributed by atoms with Crippen LogP contribution in [-0.2, 0) is 19.1 Å². The molecule has 4 unspecified atom stereocenters. The number of ether oxygens (including phenoxy) is 1. The third kappa shape index (κ3) is 3.82. The molecule has 20 heavy (non-hydrogen) atoms. The van der Waals surface area contributed by atoms with Crippen LogP contribution >= 0.6 is 0 Å². The molecule has 6 nitrogen and oxygen atoms in total. The molecule has 1 fully saturated rings. The van der Waals surface area contributed by atoms with E-state index in [0.29, 0.717) is 6.42 Å². The third-order valence-corrected chi connectivity index (χ3v) is 3.66. The predicted molar refractivity (Wildman–Crippen MR) is 69.6 cm³/mol. The van der Waals surface area contributed by atoms with Crippen molar-refractivity contribution < 1.29 is 29.3 Å². The van der Waals surface area contributed by atoms with Gasteiger partial charge in [-0.2, -0.15) is 0 Å². The van der Waals surface area contributed by atoms with Crippen LogP contribution < -0.4 is 0 Å². The first kappa shape index (κ1) is 16.2. The van der Waals surface area contributed by atoms with Crippen molar-refractivity contribution in [2.75, 3.05) is 0 Å². The van der Waals surface area contributed by atoms with Gasteiger partial charge in [-0.05, 0) is 39.0 Å². The van der Waals surface area contributed by atoms with E-state index in [2.05, 4.69) is 13.5 Å². The van der Waals surface area contributed by atoms with Gasteiger partial charge in [0.15, 0.2) is 0 Å². The maximum Gasteiger partial charge on any atom is 0.333 e. The van der Waals surface area contributed by atoms with Gasteiger partial charge in [-0.15, -0.1) is 0 Å². The van der Waals surface area contributed by atoms with Gasteiger partial charge < -0.3 is 14.9 Å². The van der Waals surface area contributed by atoms with E-state index in [1.54, 1.807) is 0 Å². The Morgan fingerprint density at radius 2 is 1.70 bits per heavy atom. The first-order valence-electron chi connectivity index (χ1n) is 6.39. The second-order valence-corrected chi connectivity index (χ2v) is 5.19. The van der Waals surface area contributed by atoms with Crippen LogP contribution in [0.3, 0.4) is 0 Å². The van der Waals surface area contributed by atoms with Gasteiger partial charge in [-0.25, -0.2) is 4.79 Å². The van der Waals surface area contributed by atoms with E-state index >= 15 is 0 Å². The molecule has 1 aliphatic rings. The number of carbonyl (C=O) groups is 3. The zero-order valence-corrected chi connectivity index (χ0v) is 11.4. The van der Waals surface area contributed by atoms with Crippen LogP contribution in [0.15, 0.2) is 12.2 Å². The summed E-state index contributed by atoms with van der Waals surface area (Å²) in [6, 6.07) is 0. The fraction of sp³-hybridized carbons (Fsp3) is 0.571. The highest BCUT2D eigenvalue weighted by Crippen LogP contribution is 2.36. The minimum Gasteiger partial charge on any atom is -0.481 e. The van der Waals surface area contributed by atoms with Gasteiger partial charge in [-0.3, -0.25) is 9.59 Å². The van der Waals surface area contributed by atoms with Crippen LogP contribution in [0.5, 0.6) is 0 Å². The molecule has 1 rings (SSSR count). The number of hydrogen-bond donors (Lipinski definition) is 2. The Morgan fingerprint density at radius 3 is 2.15 bits per heavy atom. The number of carboxylic acids is 2. The van der Waals surface area contributed by atoms with E-state index < -0.39 is 35.8 Å². The van der Waals surface area contributed by atoms with Crippen molar-refractivity contribution in [2.24, 2.45) is 17.8 Å². The summed E-state index contributed by atoms with van der Waals surface area (Å²) in [5.74, 6) is -4.94. The Hall–Kier alpha value is -1.85. The lowest BCUT2D eigenvalue weighted by molar-refractivity contribution is -0.159. The van der Waals surface area contributed by atoms with Crippen molar-refractivity contribution in [1.82, 2.24) is 0 Å². The molecule has 1 saturated carbocycles. The van der Waals surface area contributed by atoms with Crippen LogP contribution in [0, 0.1) is 24.7 Å². The monoisotopic (exact) mass is 283 g/mol. The van der Waals surface area contributed by atoms with E-state index in [0.717, 1.165) is 0 Å². The van der Waals surface area contributed by atoms with E-state index in [1.165, 1.54) is 6.92 Å². The summed E-state index contributed by atoms with van der Waals surface area (Å²) in [7, 11) is 0. The molecule has 1 aliphatic carbocycles. The first-order valence-corrected chi connectivity index (χ1v) is 6.39. The molecular formula is C14H19O6. The Bertz CT molecular complexity index is 427. The van der Waals surface area contributed by atoms with Crippen LogP contribution in [-0.4, -0.2) is 34.2 Å². The summed E-state index contributed by atoms with van der Waals surface area (Å²) in [5.41, 5.74) is 0.243. The van der Waals surface area contributed by atoms with Gasteiger partial charge in [0.05, 0.1) is 11.8 Å². The summed E-state index contributed by atoms with van der Waals surface area (Å²) in [6.45, 7) is 8.69. The lowest BCUT2D eigenvalue weighted by Gasteiger charge is -2.34. The van der Waals surface area contributed by atoms with E-state index in [1.807, 2.05) is 0 Å². The number of esters is 1. The Morgan fingerprint density at radius 1 is 1.15 bits per heavy atom. The number of rotatable bonds is 5. The smallest absolute Gasteiger partial charge is 0.333 e. The molecule has 111 valence electrons.